The SMILES string of the molecule is C=C/C=C(\C=C1/Cc2ccccc2C1(C)C)NC(C=C)=NC.CC. The van der Waals surface area contributed by atoms with Gasteiger partial charge >= 0.3 is 0 Å². The molecule has 0 bridgehead atoms. The summed E-state index contributed by atoms with van der Waals surface area (Å²) in [6.45, 7) is 16.1. The van der Waals surface area contributed by atoms with Crippen molar-refractivity contribution in [2.24, 2.45) is 4.99 Å². The van der Waals surface area contributed by atoms with Crippen molar-refractivity contribution in [3.8, 4) is 0 Å². The van der Waals surface area contributed by atoms with Gasteiger partial charge in [0, 0.05) is 18.2 Å². The van der Waals surface area contributed by atoms with Gasteiger partial charge in [0.15, 0.2) is 0 Å². The molecule has 0 aliphatic heterocycles. The van der Waals surface area contributed by atoms with Gasteiger partial charge in [0.2, 0.25) is 0 Å². The first-order valence-corrected chi connectivity index (χ1v) is 8.51. The van der Waals surface area contributed by atoms with Crippen LogP contribution in [0.5, 0.6) is 0 Å². The molecule has 0 unspecified atom stereocenters. The highest BCUT2D eigenvalue weighted by Gasteiger charge is 2.33. The Bertz CT molecular complexity index is 673. The number of allylic oxidation sites excluding steroid dienone is 4. The quantitative estimate of drug-likeness (QED) is 0.451. The average Bonchev–Trinajstić information content (AvgIpc) is 2.85. The molecule has 1 N–H and O–H groups in total. The third-order valence-electron chi connectivity index (χ3n) is 4.21. The van der Waals surface area contributed by atoms with Crippen LogP contribution in [-0.4, -0.2) is 12.9 Å². The van der Waals surface area contributed by atoms with Crippen LogP contribution in [0.15, 0.2) is 78.0 Å². The van der Waals surface area contributed by atoms with Crippen LogP contribution in [0.2, 0.25) is 0 Å². The van der Waals surface area contributed by atoms with Crippen molar-refractivity contribution in [3.05, 3.63) is 84.1 Å². The normalized spacial score (nSPS) is 17.6. The van der Waals surface area contributed by atoms with Crippen molar-refractivity contribution >= 4 is 5.84 Å². The zero-order valence-corrected chi connectivity index (χ0v) is 15.7. The smallest absolute Gasteiger partial charge is 0.124 e. The maximum Gasteiger partial charge on any atom is 0.124 e. The largest absolute Gasteiger partial charge is 0.341 e. The van der Waals surface area contributed by atoms with E-state index < -0.39 is 0 Å². The minimum atomic E-state index is 0.0379. The Morgan fingerprint density at radius 2 is 1.88 bits per heavy atom. The van der Waals surface area contributed by atoms with Gasteiger partial charge in [0.05, 0.1) is 0 Å². The number of rotatable bonds is 4. The van der Waals surface area contributed by atoms with Crippen molar-refractivity contribution in [3.63, 3.8) is 0 Å². The molecule has 0 saturated heterocycles. The molecule has 2 heteroatoms. The molecule has 0 radical (unpaired) electrons. The fraction of sp³-hybridized carbons (Fsp3) is 0.318. The molecule has 24 heavy (non-hydrogen) atoms. The summed E-state index contributed by atoms with van der Waals surface area (Å²) in [5.74, 6) is 0.748. The second-order valence-corrected chi connectivity index (χ2v) is 5.92. The van der Waals surface area contributed by atoms with E-state index in [1.165, 1.54) is 16.7 Å². The Kier molecular flexibility index (Phi) is 7.44. The highest BCUT2D eigenvalue weighted by Crippen LogP contribution is 2.42. The summed E-state index contributed by atoms with van der Waals surface area (Å²) < 4.78 is 0. The van der Waals surface area contributed by atoms with E-state index in [0.717, 1.165) is 18.0 Å². The Labute approximate surface area is 147 Å². The fourth-order valence-electron chi connectivity index (χ4n) is 2.90. The molecule has 0 fully saturated rings. The van der Waals surface area contributed by atoms with E-state index in [0.29, 0.717) is 0 Å². The van der Waals surface area contributed by atoms with Crippen LogP contribution in [0, 0.1) is 0 Å². The number of nitrogens with zero attached hydrogens (tertiary/aromatic N) is 1. The Morgan fingerprint density at radius 3 is 2.42 bits per heavy atom. The predicted octanol–water partition coefficient (Wildman–Crippen LogP) is 5.35. The summed E-state index contributed by atoms with van der Waals surface area (Å²) in [5.41, 5.74) is 5.22. The zero-order chi connectivity index (χ0) is 18.2. The standard InChI is InChI=1S/C20H24N2.C2H6/c1-6-10-17(22-19(7-2)21-5)14-16-13-15-11-8-9-12-18(15)20(16,3)4;1-2/h6-12,14H,1-2,13H2,3-5H3,(H,21,22);1-2H3/b16-14+,17-10+;. The summed E-state index contributed by atoms with van der Waals surface area (Å²) in [5, 5.41) is 3.29. The van der Waals surface area contributed by atoms with Gasteiger partial charge in [0.1, 0.15) is 5.84 Å². The number of hydrogen-bond acceptors (Lipinski definition) is 1. The summed E-state index contributed by atoms with van der Waals surface area (Å²) in [6.07, 6.45) is 8.64. The van der Waals surface area contributed by atoms with Crippen molar-refractivity contribution in [2.45, 2.75) is 39.5 Å². The van der Waals surface area contributed by atoms with Crippen LogP contribution in [0.25, 0.3) is 0 Å². The van der Waals surface area contributed by atoms with Crippen molar-refractivity contribution in [1.82, 2.24) is 5.32 Å². The van der Waals surface area contributed by atoms with E-state index in [2.05, 4.69) is 67.7 Å². The molecule has 0 aromatic heterocycles. The Morgan fingerprint density at radius 1 is 1.21 bits per heavy atom. The Hall–Kier alpha value is -2.35. The molecule has 0 saturated carbocycles. The second kappa shape index (κ2) is 9.07. The number of benzene rings is 1. The van der Waals surface area contributed by atoms with Crippen LogP contribution < -0.4 is 5.32 Å². The molecule has 2 rings (SSSR count). The lowest BCUT2D eigenvalue weighted by Gasteiger charge is -2.22. The molecule has 1 aromatic rings. The van der Waals surface area contributed by atoms with Crippen LogP contribution in [-0.2, 0) is 11.8 Å². The summed E-state index contributed by atoms with van der Waals surface area (Å²) >= 11 is 0. The van der Waals surface area contributed by atoms with Gasteiger partial charge < -0.3 is 5.32 Å². The highest BCUT2D eigenvalue weighted by molar-refractivity contribution is 5.93. The van der Waals surface area contributed by atoms with Gasteiger partial charge in [-0.05, 0) is 35.8 Å². The lowest BCUT2D eigenvalue weighted by Crippen LogP contribution is -2.21. The van der Waals surface area contributed by atoms with Gasteiger partial charge in [-0.2, -0.15) is 0 Å². The molecule has 0 atom stereocenters. The van der Waals surface area contributed by atoms with Gasteiger partial charge in [-0.3, -0.25) is 4.99 Å². The molecular weight excluding hydrogens is 292 g/mol. The lowest BCUT2D eigenvalue weighted by atomic mass is 9.82. The van der Waals surface area contributed by atoms with Gasteiger partial charge in [-0.1, -0.05) is 76.8 Å². The molecule has 1 aliphatic carbocycles. The molecule has 1 aliphatic rings. The number of hydrogen-bond donors (Lipinski definition) is 1. The van der Waals surface area contributed by atoms with Gasteiger partial charge in [-0.25, -0.2) is 0 Å². The van der Waals surface area contributed by atoms with Crippen molar-refractivity contribution in [2.75, 3.05) is 7.05 Å². The van der Waals surface area contributed by atoms with Crippen LogP contribution >= 0.6 is 0 Å². The van der Waals surface area contributed by atoms with E-state index in [1.807, 2.05) is 19.9 Å². The number of nitrogens with one attached hydrogen (secondary N) is 1. The van der Waals surface area contributed by atoms with E-state index in [9.17, 15) is 0 Å². The summed E-state index contributed by atoms with van der Waals surface area (Å²) in [7, 11) is 1.75. The third-order valence-corrected chi connectivity index (χ3v) is 4.21. The average molecular weight is 322 g/mol. The number of fused-ring (bicyclic) bond motifs is 1. The fourth-order valence-corrected chi connectivity index (χ4v) is 2.90. The van der Waals surface area contributed by atoms with Gasteiger partial charge in [0.25, 0.3) is 0 Å². The van der Waals surface area contributed by atoms with Crippen molar-refractivity contribution in [1.29, 1.82) is 0 Å². The molecule has 128 valence electrons. The van der Waals surface area contributed by atoms with E-state index >= 15 is 0 Å². The van der Waals surface area contributed by atoms with Crippen LogP contribution in [0.3, 0.4) is 0 Å². The topological polar surface area (TPSA) is 24.4 Å². The molecule has 0 amide bonds. The molecule has 1 aromatic carbocycles. The first-order chi connectivity index (χ1) is 11.5. The van der Waals surface area contributed by atoms with Crippen LogP contribution in [0.1, 0.15) is 38.8 Å². The molecule has 0 spiro atoms. The van der Waals surface area contributed by atoms with E-state index in [1.54, 1.807) is 19.2 Å². The van der Waals surface area contributed by atoms with E-state index in [-0.39, 0.29) is 5.41 Å². The summed E-state index contributed by atoms with van der Waals surface area (Å²) in [4.78, 5) is 4.16. The molecule has 0 heterocycles. The monoisotopic (exact) mass is 322 g/mol. The maximum absolute atomic E-state index is 4.16. The van der Waals surface area contributed by atoms with E-state index in [4.69, 9.17) is 0 Å². The second-order valence-electron chi connectivity index (χ2n) is 5.92. The number of aliphatic imine (C=N–C) groups is 1. The zero-order valence-electron chi connectivity index (χ0n) is 15.7. The minimum Gasteiger partial charge on any atom is -0.341 e. The highest BCUT2D eigenvalue weighted by atomic mass is 15.0. The maximum atomic E-state index is 4.16. The lowest BCUT2D eigenvalue weighted by molar-refractivity contribution is 0.643. The molecular formula is C22H30N2. The first-order valence-electron chi connectivity index (χ1n) is 8.51. The molecule has 2 nitrogen and oxygen atoms in total. The van der Waals surface area contributed by atoms with Crippen molar-refractivity contribution < 1.29 is 0 Å². The minimum absolute atomic E-state index is 0.0379. The number of amidine groups is 1. The summed E-state index contributed by atoms with van der Waals surface area (Å²) in [6, 6.07) is 8.66. The first kappa shape index (κ1) is 19.7. The Balaban J connectivity index is 0.00000139. The van der Waals surface area contributed by atoms with Crippen LogP contribution in [0.4, 0.5) is 0 Å². The van der Waals surface area contributed by atoms with Gasteiger partial charge in [-0.15, -0.1) is 0 Å². The predicted molar refractivity (Wildman–Crippen MR) is 108 cm³/mol. The third kappa shape index (κ3) is 4.35.